The van der Waals surface area contributed by atoms with E-state index in [1.807, 2.05) is 67.8 Å². The van der Waals surface area contributed by atoms with E-state index in [1.54, 1.807) is 0 Å². The summed E-state index contributed by atoms with van der Waals surface area (Å²) in [5, 5.41) is 0. The van der Waals surface area contributed by atoms with Gasteiger partial charge in [0, 0.05) is 39.8 Å². The van der Waals surface area contributed by atoms with Crippen molar-refractivity contribution >= 4 is 17.5 Å². The van der Waals surface area contributed by atoms with Gasteiger partial charge in [-0.25, -0.2) is 4.79 Å². The van der Waals surface area contributed by atoms with Gasteiger partial charge in [0.25, 0.3) is 5.56 Å². The standard InChI is InChI=1S/C25H35N5O4/c1-17(2)15-30-21(26)20(22(32)27(5)24(30)34)19(31)16-28-11-13-29(14-12-28)23(33)25(3,4)18-9-7-6-8-10-18/h6-10,17H,11-16,26H2,1-5H3. The maximum atomic E-state index is 13.2. The highest BCUT2D eigenvalue weighted by molar-refractivity contribution is 6.01. The molecule has 1 aromatic carbocycles. The molecule has 0 saturated carbocycles. The van der Waals surface area contributed by atoms with Gasteiger partial charge < -0.3 is 10.6 Å². The molecule has 34 heavy (non-hydrogen) atoms. The number of hydrogen-bond acceptors (Lipinski definition) is 6. The van der Waals surface area contributed by atoms with Gasteiger partial charge in [-0.3, -0.25) is 28.4 Å². The van der Waals surface area contributed by atoms with E-state index in [4.69, 9.17) is 5.73 Å². The number of rotatable bonds is 7. The number of nitrogens with two attached hydrogens (primary N) is 1. The summed E-state index contributed by atoms with van der Waals surface area (Å²) in [6.07, 6.45) is 0. The van der Waals surface area contributed by atoms with Crippen molar-refractivity contribution < 1.29 is 9.59 Å². The number of benzene rings is 1. The molecule has 9 heteroatoms. The highest BCUT2D eigenvalue weighted by Gasteiger charge is 2.35. The Balaban J connectivity index is 1.71. The quantitative estimate of drug-likeness (QED) is 0.608. The SMILES string of the molecule is CC(C)Cn1c(N)c(C(=O)CN2CCN(C(=O)C(C)(C)c3ccccc3)CC2)c(=O)n(C)c1=O. The van der Waals surface area contributed by atoms with E-state index in [9.17, 15) is 19.2 Å². The maximum Gasteiger partial charge on any atom is 0.332 e. The summed E-state index contributed by atoms with van der Waals surface area (Å²) in [6.45, 7) is 10.0. The normalized spacial score (nSPS) is 15.1. The largest absolute Gasteiger partial charge is 0.384 e. The van der Waals surface area contributed by atoms with Gasteiger partial charge in [0.1, 0.15) is 11.4 Å². The van der Waals surface area contributed by atoms with E-state index in [2.05, 4.69) is 0 Å². The zero-order chi connectivity index (χ0) is 25.2. The number of anilines is 1. The fourth-order valence-corrected chi connectivity index (χ4v) is 4.35. The summed E-state index contributed by atoms with van der Waals surface area (Å²) in [6, 6.07) is 9.68. The summed E-state index contributed by atoms with van der Waals surface area (Å²) >= 11 is 0. The molecule has 2 heterocycles. The molecular formula is C25H35N5O4. The minimum atomic E-state index is -0.675. The van der Waals surface area contributed by atoms with Crippen LogP contribution < -0.4 is 17.0 Å². The molecule has 0 spiro atoms. The zero-order valence-electron chi connectivity index (χ0n) is 20.7. The van der Waals surface area contributed by atoms with Gasteiger partial charge in [0.05, 0.1) is 12.0 Å². The Kier molecular flexibility index (Phi) is 7.45. The number of ketones is 1. The fraction of sp³-hybridized carbons (Fsp3) is 0.520. The monoisotopic (exact) mass is 469 g/mol. The summed E-state index contributed by atoms with van der Waals surface area (Å²) in [4.78, 5) is 55.2. The number of carbonyl (C=O) groups excluding carboxylic acids is 2. The number of nitrogen functional groups attached to an aromatic ring is 1. The Labute approximate surface area is 199 Å². The second-order valence-electron chi connectivity index (χ2n) is 9.89. The molecule has 1 aromatic heterocycles. The predicted molar refractivity (Wildman–Crippen MR) is 132 cm³/mol. The maximum absolute atomic E-state index is 13.2. The van der Waals surface area contributed by atoms with Gasteiger partial charge in [0.2, 0.25) is 5.91 Å². The highest BCUT2D eigenvalue weighted by Crippen LogP contribution is 2.26. The number of nitrogens with zero attached hydrogens (tertiary/aromatic N) is 4. The van der Waals surface area contributed by atoms with E-state index in [0.717, 1.165) is 10.1 Å². The summed E-state index contributed by atoms with van der Waals surface area (Å²) in [5.41, 5.74) is 5.09. The van der Waals surface area contributed by atoms with Crippen LogP contribution in [0.1, 0.15) is 43.6 Å². The first kappa shape index (κ1) is 25.4. The Bertz CT molecular complexity index is 1170. The smallest absolute Gasteiger partial charge is 0.332 e. The van der Waals surface area contributed by atoms with E-state index in [1.165, 1.54) is 11.6 Å². The average molecular weight is 470 g/mol. The topological polar surface area (TPSA) is 111 Å². The molecule has 0 radical (unpaired) electrons. The molecule has 1 amide bonds. The van der Waals surface area contributed by atoms with E-state index in [0.29, 0.717) is 32.7 Å². The molecule has 1 aliphatic rings. The lowest BCUT2D eigenvalue weighted by molar-refractivity contribution is -0.138. The van der Waals surface area contributed by atoms with Gasteiger partial charge in [-0.1, -0.05) is 44.2 Å². The lowest BCUT2D eigenvalue weighted by Gasteiger charge is -2.38. The van der Waals surface area contributed by atoms with Crippen LogP contribution in [-0.4, -0.2) is 63.3 Å². The van der Waals surface area contributed by atoms with E-state index >= 15 is 0 Å². The van der Waals surface area contributed by atoms with Crippen molar-refractivity contribution in [2.24, 2.45) is 13.0 Å². The third-order valence-electron chi connectivity index (χ3n) is 6.47. The second kappa shape index (κ2) is 9.97. The third-order valence-corrected chi connectivity index (χ3v) is 6.47. The van der Waals surface area contributed by atoms with Crippen LogP contribution in [0.3, 0.4) is 0 Å². The molecule has 0 aliphatic carbocycles. The molecule has 1 fully saturated rings. The molecule has 9 nitrogen and oxygen atoms in total. The molecule has 0 unspecified atom stereocenters. The van der Waals surface area contributed by atoms with Crippen molar-refractivity contribution in [2.45, 2.75) is 39.7 Å². The first-order valence-corrected chi connectivity index (χ1v) is 11.6. The van der Waals surface area contributed by atoms with E-state index in [-0.39, 0.29) is 29.8 Å². The Morgan fingerprint density at radius 2 is 1.62 bits per heavy atom. The molecule has 1 saturated heterocycles. The molecule has 3 rings (SSSR count). The minimum Gasteiger partial charge on any atom is -0.384 e. The van der Waals surface area contributed by atoms with Crippen molar-refractivity contribution in [3.05, 3.63) is 62.3 Å². The van der Waals surface area contributed by atoms with Crippen molar-refractivity contribution in [3.8, 4) is 0 Å². The summed E-state index contributed by atoms with van der Waals surface area (Å²) in [5.74, 6) is -0.333. The van der Waals surface area contributed by atoms with Gasteiger partial charge >= 0.3 is 5.69 Å². The van der Waals surface area contributed by atoms with Crippen LogP contribution in [0.4, 0.5) is 5.82 Å². The van der Waals surface area contributed by atoms with Crippen molar-refractivity contribution in [2.75, 3.05) is 38.5 Å². The number of aromatic nitrogens is 2. The van der Waals surface area contributed by atoms with Gasteiger partial charge in [-0.05, 0) is 25.3 Å². The zero-order valence-corrected chi connectivity index (χ0v) is 20.7. The molecule has 2 aromatic rings. The minimum absolute atomic E-state index is 0.00340. The Hall–Kier alpha value is -3.20. The lowest BCUT2D eigenvalue weighted by Crippen LogP contribution is -2.54. The van der Waals surface area contributed by atoms with Crippen LogP contribution in [0.25, 0.3) is 0 Å². The lowest BCUT2D eigenvalue weighted by atomic mass is 9.83. The number of hydrogen-bond donors (Lipinski definition) is 1. The number of amides is 1. The van der Waals surface area contributed by atoms with Gasteiger partial charge in [-0.15, -0.1) is 0 Å². The van der Waals surface area contributed by atoms with E-state index < -0.39 is 22.4 Å². The van der Waals surface area contributed by atoms with Gasteiger partial charge in [-0.2, -0.15) is 0 Å². The fourth-order valence-electron chi connectivity index (χ4n) is 4.35. The van der Waals surface area contributed by atoms with Crippen molar-refractivity contribution in [1.29, 1.82) is 0 Å². The Morgan fingerprint density at radius 3 is 2.18 bits per heavy atom. The third kappa shape index (κ3) is 4.99. The number of piperazine rings is 1. The summed E-state index contributed by atoms with van der Waals surface area (Å²) < 4.78 is 2.23. The molecular weight excluding hydrogens is 434 g/mol. The van der Waals surface area contributed by atoms with Crippen molar-refractivity contribution in [1.82, 2.24) is 18.9 Å². The van der Waals surface area contributed by atoms with Crippen LogP contribution in [0.5, 0.6) is 0 Å². The van der Waals surface area contributed by atoms with Crippen LogP contribution in [-0.2, 0) is 23.8 Å². The predicted octanol–water partition coefficient (Wildman–Crippen LogP) is 1.09. The molecule has 0 atom stereocenters. The Morgan fingerprint density at radius 1 is 1.03 bits per heavy atom. The van der Waals surface area contributed by atoms with Crippen molar-refractivity contribution in [3.63, 3.8) is 0 Å². The van der Waals surface area contributed by atoms with Gasteiger partial charge in [0.15, 0.2) is 5.78 Å². The molecule has 1 aliphatic heterocycles. The van der Waals surface area contributed by atoms with Crippen LogP contribution in [0.2, 0.25) is 0 Å². The molecule has 2 N–H and O–H groups in total. The first-order chi connectivity index (χ1) is 15.9. The highest BCUT2D eigenvalue weighted by atomic mass is 16.2. The van der Waals surface area contributed by atoms with Crippen LogP contribution in [0.15, 0.2) is 39.9 Å². The van der Waals surface area contributed by atoms with Crippen LogP contribution >= 0.6 is 0 Å². The molecule has 0 bridgehead atoms. The number of Topliss-reactive ketones (excluding diaryl/α,β-unsaturated/α-hetero) is 1. The number of carbonyl (C=O) groups is 2. The van der Waals surface area contributed by atoms with Crippen LogP contribution in [0, 0.1) is 5.92 Å². The molecule has 184 valence electrons. The second-order valence-corrected chi connectivity index (χ2v) is 9.89. The first-order valence-electron chi connectivity index (χ1n) is 11.6. The average Bonchev–Trinajstić information content (AvgIpc) is 2.81. The summed E-state index contributed by atoms with van der Waals surface area (Å²) in [7, 11) is 1.36.